The molecule has 118 valence electrons. The minimum Gasteiger partial charge on any atom is -0.364 e. The first-order valence-electron chi connectivity index (χ1n) is 7.03. The second-order valence-electron chi connectivity index (χ2n) is 5.05. The number of hydrogen-bond donors (Lipinski definition) is 2. The third kappa shape index (κ3) is 3.65. The van der Waals surface area contributed by atoms with Gasteiger partial charge in [-0.25, -0.2) is 4.68 Å². The number of nitrogens with zero attached hydrogens (tertiary/aromatic N) is 2. The van der Waals surface area contributed by atoms with Crippen molar-refractivity contribution in [3.63, 3.8) is 0 Å². The molecule has 1 aliphatic heterocycles. The van der Waals surface area contributed by atoms with Crippen molar-refractivity contribution < 1.29 is 9.53 Å². The van der Waals surface area contributed by atoms with Crippen LogP contribution < -0.4 is 11.1 Å². The SMILES string of the molecule is Cl.NC[C@H]1CC[C@@H](C(=O)Nc2ccc(-n3cccn3)cc2)O1. The van der Waals surface area contributed by atoms with E-state index in [0.29, 0.717) is 6.54 Å². The minimum absolute atomic E-state index is 0. The normalized spacial score (nSPS) is 20.4. The van der Waals surface area contributed by atoms with E-state index in [4.69, 9.17) is 10.5 Å². The first-order chi connectivity index (χ1) is 10.3. The van der Waals surface area contributed by atoms with E-state index < -0.39 is 6.10 Å². The number of rotatable bonds is 4. The van der Waals surface area contributed by atoms with E-state index in [0.717, 1.165) is 24.2 Å². The zero-order valence-corrected chi connectivity index (χ0v) is 12.8. The number of nitrogens with two attached hydrogens (primary N) is 1. The molecule has 3 rings (SSSR count). The van der Waals surface area contributed by atoms with Gasteiger partial charge in [-0.2, -0.15) is 5.10 Å². The summed E-state index contributed by atoms with van der Waals surface area (Å²) in [6.07, 6.45) is 4.76. The molecule has 0 spiro atoms. The molecule has 2 heterocycles. The number of aromatic nitrogens is 2. The molecule has 6 nitrogen and oxygen atoms in total. The zero-order valence-electron chi connectivity index (χ0n) is 12.0. The van der Waals surface area contributed by atoms with Gasteiger partial charge in [-0.3, -0.25) is 4.79 Å². The quantitative estimate of drug-likeness (QED) is 0.898. The Kier molecular flexibility index (Phi) is 5.54. The Bertz CT molecular complexity index is 601. The van der Waals surface area contributed by atoms with Crippen LogP contribution in [0.15, 0.2) is 42.7 Å². The number of anilines is 1. The monoisotopic (exact) mass is 322 g/mol. The first kappa shape index (κ1) is 16.5. The van der Waals surface area contributed by atoms with E-state index >= 15 is 0 Å². The standard InChI is InChI=1S/C15H18N4O2.ClH/c16-10-13-6-7-14(21-13)15(20)18-11-2-4-12(5-3-11)19-9-1-8-17-19;/h1-5,8-9,13-14H,6-7,10,16H2,(H,18,20);1H/t13-,14+;/m1./s1. The van der Waals surface area contributed by atoms with E-state index in [1.165, 1.54) is 0 Å². The van der Waals surface area contributed by atoms with Gasteiger partial charge in [0.25, 0.3) is 5.91 Å². The maximum atomic E-state index is 12.1. The summed E-state index contributed by atoms with van der Waals surface area (Å²) >= 11 is 0. The lowest BCUT2D eigenvalue weighted by atomic mass is 10.2. The predicted molar refractivity (Wildman–Crippen MR) is 86.4 cm³/mol. The first-order valence-corrected chi connectivity index (χ1v) is 7.03. The fraction of sp³-hybridized carbons (Fsp3) is 0.333. The molecule has 1 amide bonds. The number of halogens is 1. The molecule has 0 radical (unpaired) electrons. The van der Waals surface area contributed by atoms with Crippen LogP contribution in [0.4, 0.5) is 5.69 Å². The van der Waals surface area contributed by atoms with Gasteiger partial charge in [-0.1, -0.05) is 0 Å². The Hall–Kier alpha value is -1.89. The van der Waals surface area contributed by atoms with Crippen molar-refractivity contribution in [1.82, 2.24) is 9.78 Å². The van der Waals surface area contributed by atoms with E-state index in [1.54, 1.807) is 10.9 Å². The molecule has 1 aliphatic rings. The third-order valence-corrected chi connectivity index (χ3v) is 3.57. The van der Waals surface area contributed by atoms with Crippen LogP contribution in [0.2, 0.25) is 0 Å². The van der Waals surface area contributed by atoms with Crippen molar-refractivity contribution in [2.45, 2.75) is 25.0 Å². The van der Waals surface area contributed by atoms with Crippen molar-refractivity contribution in [2.75, 3.05) is 11.9 Å². The highest BCUT2D eigenvalue weighted by molar-refractivity contribution is 5.94. The lowest BCUT2D eigenvalue weighted by Crippen LogP contribution is -2.29. The van der Waals surface area contributed by atoms with Crippen LogP contribution in [-0.4, -0.2) is 34.4 Å². The van der Waals surface area contributed by atoms with Crippen molar-refractivity contribution in [3.05, 3.63) is 42.7 Å². The smallest absolute Gasteiger partial charge is 0.253 e. The van der Waals surface area contributed by atoms with Gasteiger partial charge in [0.15, 0.2) is 0 Å². The highest BCUT2D eigenvalue weighted by Gasteiger charge is 2.29. The second-order valence-corrected chi connectivity index (χ2v) is 5.05. The number of carbonyl (C=O) groups excluding carboxylic acids is 1. The summed E-state index contributed by atoms with van der Waals surface area (Å²) < 4.78 is 7.34. The lowest BCUT2D eigenvalue weighted by Gasteiger charge is -2.13. The maximum absolute atomic E-state index is 12.1. The van der Waals surface area contributed by atoms with Crippen LogP contribution in [0, 0.1) is 0 Å². The molecule has 2 atom stereocenters. The molecule has 0 unspecified atom stereocenters. The lowest BCUT2D eigenvalue weighted by molar-refractivity contribution is -0.126. The van der Waals surface area contributed by atoms with Crippen LogP contribution in [0.1, 0.15) is 12.8 Å². The molecule has 2 aromatic rings. The molecule has 22 heavy (non-hydrogen) atoms. The zero-order chi connectivity index (χ0) is 14.7. The van der Waals surface area contributed by atoms with Gasteiger partial charge in [-0.05, 0) is 43.2 Å². The topological polar surface area (TPSA) is 82.2 Å². The summed E-state index contributed by atoms with van der Waals surface area (Å²) in [7, 11) is 0. The van der Waals surface area contributed by atoms with Gasteiger partial charge in [0.2, 0.25) is 0 Å². The summed E-state index contributed by atoms with van der Waals surface area (Å²) in [5, 5.41) is 7.02. The molecule has 0 bridgehead atoms. The van der Waals surface area contributed by atoms with E-state index in [2.05, 4.69) is 10.4 Å². The van der Waals surface area contributed by atoms with Crippen LogP contribution in [0.3, 0.4) is 0 Å². The fourth-order valence-corrected chi connectivity index (χ4v) is 2.41. The van der Waals surface area contributed by atoms with Crippen LogP contribution in [-0.2, 0) is 9.53 Å². The molecule has 1 fully saturated rings. The van der Waals surface area contributed by atoms with Gasteiger partial charge in [-0.15, -0.1) is 12.4 Å². The number of nitrogens with one attached hydrogen (secondary N) is 1. The van der Waals surface area contributed by atoms with Crippen LogP contribution in [0.5, 0.6) is 0 Å². The number of hydrogen-bond acceptors (Lipinski definition) is 4. The molecule has 0 aliphatic carbocycles. The Morgan fingerprint density at radius 3 is 2.73 bits per heavy atom. The summed E-state index contributed by atoms with van der Waals surface area (Å²) in [4.78, 5) is 12.1. The largest absolute Gasteiger partial charge is 0.364 e. The average molecular weight is 323 g/mol. The number of carbonyl (C=O) groups is 1. The minimum atomic E-state index is -0.399. The fourth-order valence-electron chi connectivity index (χ4n) is 2.41. The molecule has 7 heteroatoms. The van der Waals surface area contributed by atoms with E-state index in [9.17, 15) is 4.79 Å². The number of ether oxygens (including phenoxy) is 1. The molecule has 1 saturated heterocycles. The molecule has 3 N–H and O–H groups in total. The highest BCUT2D eigenvalue weighted by Crippen LogP contribution is 2.21. The summed E-state index contributed by atoms with van der Waals surface area (Å²) in [6, 6.07) is 9.37. The molecule has 1 aromatic heterocycles. The Labute approximate surface area is 135 Å². The predicted octanol–water partition coefficient (Wildman–Crippen LogP) is 1.74. The van der Waals surface area contributed by atoms with Crippen LogP contribution >= 0.6 is 12.4 Å². The number of benzene rings is 1. The summed E-state index contributed by atoms with van der Waals surface area (Å²) in [5.41, 5.74) is 7.24. The Morgan fingerprint density at radius 2 is 2.14 bits per heavy atom. The Morgan fingerprint density at radius 1 is 1.36 bits per heavy atom. The average Bonchev–Trinajstić information content (AvgIpc) is 3.19. The summed E-state index contributed by atoms with van der Waals surface area (Å²) in [6.45, 7) is 0.461. The van der Waals surface area contributed by atoms with Gasteiger partial charge in [0, 0.05) is 24.6 Å². The van der Waals surface area contributed by atoms with Crippen molar-refractivity contribution in [1.29, 1.82) is 0 Å². The molecule has 1 aromatic carbocycles. The van der Waals surface area contributed by atoms with Gasteiger partial charge in [0.05, 0.1) is 11.8 Å². The molecule has 0 saturated carbocycles. The van der Waals surface area contributed by atoms with Crippen molar-refractivity contribution in [3.8, 4) is 5.69 Å². The molecular formula is C15H19ClN4O2. The van der Waals surface area contributed by atoms with Gasteiger partial charge in [0.1, 0.15) is 6.10 Å². The summed E-state index contributed by atoms with van der Waals surface area (Å²) in [5.74, 6) is -0.113. The second kappa shape index (κ2) is 7.40. The Balaban J connectivity index is 0.00000176. The van der Waals surface area contributed by atoms with Gasteiger partial charge < -0.3 is 15.8 Å². The highest BCUT2D eigenvalue weighted by atomic mass is 35.5. The maximum Gasteiger partial charge on any atom is 0.253 e. The molecular weight excluding hydrogens is 304 g/mol. The van der Waals surface area contributed by atoms with E-state index in [1.807, 2.05) is 36.5 Å². The van der Waals surface area contributed by atoms with Gasteiger partial charge >= 0.3 is 0 Å². The van der Waals surface area contributed by atoms with Crippen molar-refractivity contribution in [2.24, 2.45) is 5.73 Å². The van der Waals surface area contributed by atoms with Crippen LogP contribution in [0.25, 0.3) is 5.69 Å². The third-order valence-electron chi connectivity index (χ3n) is 3.57. The number of amides is 1. The van der Waals surface area contributed by atoms with Crippen molar-refractivity contribution >= 4 is 24.0 Å². The van der Waals surface area contributed by atoms with E-state index in [-0.39, 0.29) is 24.4 Å².